The van der Waals surface area contributed by atoms with E-state index in [1.54, 1.807) is 12.1 Å². The average molecular weight is 384 g/mol. The minimum atomic E-state index is -0.492. The van der Waals surface area contributed by atoms with Gasteiger partial charge in [0.1, 0.15) is 0 Å². The number of thiazole rings is 1. The van der Waals surface area contributed by atoms with E-state index in [1.807, 2.05) is 13.8 Å². The van der Waals surface area contributed by atoms with Gasteiger partial charge < -0.3 is 4.57 Å². The van der Waals surface area contributed by atoms with Gasteiger partial charge in [0.25, 0.3) is 17.2 Å². The Morgan fingerprint density at radius 1 is 1.30 bits per heavy atom. The van der Waals surface area contributed by atoms with E-state index < -0.39 is 4.92 Å². The van der Waals surface area contributed by atoms with E-state index in [4.69, 9.17) is 0 Å². The lowest BCUT2D eigenvalue weighted by Crippen LogP contribution is -2.22. The molecule has 0 unspecified atom stereocenters. The zero-order valence-electron chi connectivity index (χ0n) is 14.6. The van der Waals surface area contributed by atoms with Gasteiger partial charge in [-0.05, 0) is 25.5 Å². The van der Waals surface area contributed by atoms with Crippen LogP contribution in [0.3, 0.4) is 0 Å². The van der Waals surface area contributed by atoms with Crippen molar-refractivity contribution in [1.29, 1.82) is 0 Å². The van der Waals surface area contributed by atoms with Crippen LogP contribution in [0.2, 0.25) is 0 Å². The van der Waals surface area contributed by atoms with Crippen LogP contribution in [0.4, 0.5) is 10.8 Å². The van der Waals surface area contributed by atoms with Crippen molar-refractivity contribution in [3.8, 4) is 0 Å². The van der Waals surface area contributed by atoms with Gasteiger partial charge in [0.05, 0.1) is 22.7 Å². The number of pyridine rings is 1. The van der Waals surface area contributed by atoms with Gasteiger partial charge in [0.15, 0.2) is 5.13 Å². The second-order valence-corrected chi connectivity index (χ2v) is 7.13. The summed E-state index contributed by atoms with van der Waals surface area (Å²) in [6, 6.07) is 8.77. The molecule has 2 heterocycles. The molecule has 0 radical (unpaired) electrons. The average Bonchev–Trinajstić information content (AvgIpc) is 2.94. The number of rotatable bonds is 5. The van der Waals surface area contributed by atoms with E-state index in [0.29, 0.717) is 16.3 Å². The Morgan fingerprint density at radius 2 is 2.07 bits per heavy atom. The summed E-state index contributed by atoms with van der Waals surface area (Å²) in [4.78, 5) is 40.2. The number of nitro groups is 1. The zero-order valence-corrected chi connectivity index (χ0v) is 15.4. The van der Waals surface area contributed by atoms with Gasteiger partial charge in [-0.3, -0.25) is 25.0 Å². The monoisotopic (exact) mass is 384 g/mol. The fraction of sp³-hybridized carbons (Fsp3) is 0.167. The second-order valence-electron chi connectivity index (χ2n) is 5.93. The number of anilines is 1. The fourth-order valence-electron chi connectivity index (χ4n) is 2.45. The van der Waals surface area contributed by atoms with E-state index >= 15 is 0 Å². The van der Waals surface area contributed by atoms with Crippen LogP contribution >= 0.6 is 11.3 Å². The number of hydrogen-bond acceptors (Lipinski definition) is 6. The minimum absolute atomic E-state index is 0.0519. The molecule has 0 bridgehead atoms. The molecule has 138 valence electrons. The molecule has 9 heteroatoms. The Labute approximate surface area is 158 Å². The summed E-state index contributed by atoms with van der Waals surface area (Å²) >= 11 is 1.38. The molecular formula is C18H16N4O4S. The van der Waals surface area contributed by atoms with Crippen LogP contribution in [0.15, 0.2) is 47.4 Å². The number of carbonyl (C=O) groups excluding carboxylic acids is 1. The quantitative estimate of drug-likeness (QED) is 0.537. The topological polar surface area (TPSA) is 107 Å². The highest BCUT2D eigenvalue weighted by Gasteiger charge is 2.12. The van der Waals surface area contributed by atoms with E-state index in [0.717, 1.165) is 10.6 Å². The van der Waals surface area contributed by atoms with Crippen molar-refractivity contribution in [3.05, 3.63) is 84.8 Å². The molecule has 1 N–H and O–H groups in total. The molecule has 27 heavy (non-hydrogen) atoms. The first-order valence-electron chi connectivity index (χ1n) is 8.02. The van der Waals surface area contributed by atoms with Gasteiger partial charge in [-0.15, -0.1) is 11.3 Å². The van der Waals surface area contributed by atoms with Gasteiger partial charge in [0.2, 0.25) is 0 Å². The third-order valence-electron chi connectivity index (χ3n) is 3.97. The molecule has 0 aliphatic rings. The van der Waals surface area contributed by atoms with Crippen molar-refractivity contribution in [2.45, 2.75) is 20.4 Å². The molecule has 0 spiro atoms. The van der Waals surface area contributed by atoms with Crippen LogP contribution in [0.5, 0.6) is 0 Å². The van der Waals surface area contributed by atoms with Crippen LogP contribution in [-0.4, -0.2) is 20.4 Å². The number of nitro benzene ring substituents is 1. The number of nitrogens with zero attached hydrogens (tertiary/aromatic N) is 3. The second kappa shape index (κ2) is 7.50. The predicted molar refractivity (Wildman–Crippen MR) is 102 cm³/mol. The van der Waals surface area contributed by atoms with Crippen LogP contribution in [0, 0.1) is 24.0 Å². The third-order valence-corrected chi connectivity index (χ3v) is 4.96. The van der Waals surface area contributed by atoms with Gasteiger partial charge in [-0.1, -0.05) is 12.1 Å². The van der Waals surface area contributed by atoms with Crippen LogP contribution in [-0.2, 0) is 6.54 Å². The Kier molecular flexibility index (Phi) is 5.13. The summed E-state index contributed by atoms with van der Waals surface area (Å²) in [6.07, 6.45) is 1.43. The first-order chi connectivity index (χ1) is 12.8. The van der Waals surface area contributed by atoms with Crippen LogP contribution in [0.25, 0.3) is 0 Å². The Morgan fingerprint density at radius 3 is 2.74 bits per heavy atom. The summed E-state index contributed by atoms with van der Waals surface area (Å²) < 4.78 is 1.34. The van der Waals surface area contributed by atoms with Gasteiger partial charge in [0, 0.05) is 29.3 Å². The SMILES string of the molecule is Cc1nc(NC(=O)c2ccc(=O)n(Cc3cccc([N+](=O)[O-])c3)c2)sc1C. The summed E-state index contributed by atoms with van der Waals surface area (Å²) in [5.41, 5.74) is 1.38. The molecule has 8 nitrogen and oxygen atoms in total. The highest BCUT2D eigenvalue weighted by molar-refractivity contribution is 7.15. The summed E-state index contributed by atoms with van der Waals surface area (Å²) in [6.45, 7) is 3.90. The molecular weight excluding hydrogens is 368 g/mol. The third kappa shape index (κ3) is 4.26. The summed E-state index contributed by atoms with van der Waals surface area (Å²) in [5, 5.41) is 14.1. The number of aromatic nitrogens is 2. The number of non-ortho nitro benzene ring substituents is 1. The largest absolute Gasteiger partial charge is 0.310 e. The van der Waals surface area contributed by atoms with Crippen molar-refractivity contribution in [1.82, 2.24) is 9.55 Å². The molecule has 0 aliphatic heterocycles. The maximum atomic E-state index is 12.4. The maximum absolute atomic E-state index is 12.4. The molecule has 0 fully saturated rings. The van der Waals surface area contributed by atoms with Gasteiger partial charge in [-0.25, -0.2) is 4.98 Å². The van der Waals surface area contributed by atoms with Gasteiger partial charge in [-0.2, -0.15) is 0 Å². The van der Waals surface area contributed by atoms with Crippen molar-refractivity contribution in [2.24, 2.45) is 0 Å². The maximum Gasteiger partial charge on any atom is 0.269 e. The number of carbonyl (C=O) groups is 1. The molecule has 2 aromatic heterocycles. The lowest BCUT2D eigenvalue weighted by molar-refractivity contribution is -0.384. The molecule has 0 saturated heterocycles. The van der Waals surface area contributed by atoms with E-state index in [1.165, 1.54) is 46.4 Å². The molecule has 0 saturated carbocycles. The molecule has 1 aromatic carbocycles. The Hall–Kier alpha value is -3.33. The minimum Gasteiger partial charge on any atom is -0.310 e. The number of aryl methyl sites for hydroxylation is 2. The normalized spacial score (nSPS) is 10.6. The zero-order chi connectivity index (χ0) is 19.6. The standard InChI is InChI=1S/C18H16N4O4S/c1-11-12(2)27-18(19-11)20-17(24)14-6-7-16(23)21(10-14)9-13-4-3-5-15(8-13)22(25)26/h3-8,10H,9H2,1-2H3,(H,19,20,24). The first kappa shape index (κ1) is 18.5. The number of nitrogens with one attached hydrogen (secondary N) is 1. The number of hydrogen-bond donors (Lipinski definition) is 1. The molecule has 0 aliphatic carbocycles. The summed E-state index contributed by atoms with van der Waals surface area (Å²) in [7, 11) is 0. The number of benzene rings is 1. The number of amides is 1. The van der Waals surface area contributed by atoms with Crippen molar-refractivity contribution in [3.63, 3.8) is 0 Å². The lowest BCUT2D eigenvalue weighted by Gasteiger charge is -2.08. The highest BCUT2D eigenvalue weighted by atomic mass is 32.1. The van der Waals surface area contributed by atoms with Crippen LogP contribution < -0.4 is 10.9 Å². The molecule has 0 atom stereocenters. The molecule has 3 aromatic rings. The van der Waals surface area contributed by atoms with Gasteiger partial charge >= 0.3 is 0 Å². The molecule has 3 rings (SSSR count). The molecule has 1 amide bonds. The first-order valence-corrected chi connectivity index (χ1v) is 8.84. The fourth-order valence-corrected chi connectivity index (χ4v) is 3.26. The highest BCUT2D eigenvalue weighted by Crippen LogP contribution is 2.21. The van der Waals surface area contributed by atoms with Crippen LogP contribution in [0.1, 0.15) is 26.5 Å². The van der Waals surface area contributed by atoms with E-state index in [9.17, 15) is 19.7 Å². The van der Waals surface area contributed by atoms with Crippen molar-refractivity contribution >= 4 is 28.1 Å². The summed E-state index contributed by atoms with van der Waals surface area (Å²) in [5.74, 6) is -0.378. The smallest absolute Gasteiger partial charge is 0.269 e. The lowest BCUT2D eigenvalue weighted by atomic mass is 10.2. The van der Waals surface area contributed by atoms with Crippen molar-refractivity contribution in [2.75, 3.05) is 5.32 Å². The van der Waals surface area contributed by atoms with Crippen molar-refractivity contribution < 1.29 is 9.72 Å². The Balaban J connectivity index is 1.83. The Bertz CT molecular complexity index is 1070. The van der Waals surface area contributed by atoms with E-state index in [2.05, 4.69) is 10.3 Å². The van der Waals surface area contributed by atoms with E-state index in [-0.39, 0.29) is 23.7 Å². The predicted octanol–water partition coefficient (Wildman–Crippen LogP) is 3.13.